The van der Waals surface area contributed by atoms with Crippen LogP contribution in [0.2, 0.25) is 0 Å². The van der Waals surface area contributed by atoms with Gasteiger partial charge in [-0.3, -0.25) is 4.90 Å². The summed E-state index contributed by atoms with van der Waals surface area (Å²) >= 11 is 0. The number of aliphatic hydroxyl groups excluding tert-OH is 7. The highest BCUT2D eigenvalue weighted by Gasteiger charge is 2.49. The van der Waals surface area contributed by atoms with E-state index in [1.807, 2.05) is 0 Å². The molecule has 0 aliphatic carbocycles. The highest BCUT2D eigenvalue weighted by molar-refractivity contribution is 5.02. The van der Waals surface area contributed by atoms with E-state index in [1.54, 1.807) is 0 Å². The van der Waals surface area contributed by atoms with Crippen molar-refractivity contribution >= 4 is 0 Å². The Bertz CT molecular complexity index is 232. The summed E-state index contributed by atoms with van der Waals surface area (Å²) in [5.41, 5.74) is 0. The molecule has 18 heavy (non-hydrogen) atoms. The summed E-state index contributed by atoms with van der Waals surface area (Å²) in [5.74, 6) is 0. The number of likely N-dealkylation sites (tertiary alicyclic amines) is 1. The van der Waals surface area contributed by atoms with Crippen molar-refractivity contribution in [3.05, 3.63) is 0 Å². The van der Waals surface area contributed by atoms with Gasteiger partial charge < -0.3 is 35.7 Å². The first-order valence-electron chi connectivity index (χ1n) is 5.78. The van der Waals surface area contributed by atoms with Gasteiger partial charge >= 0.3 is 0 Å². The fourth-order valence-electron chi connectivity index (χ4n) is 2.45. The summed E-state index contributed by atoms with van der Waals surface area (Å²) in [6.45, 7) is -2.03. The number of hydrogen-bond donors (Lipinski definition) is 7. The Balaban J connectivity index is 3.04. The van der Waals surface area contributed by atoms with Gasteiger partial charge in [-0.15, -0.1) is 0 Å². The third kappa shape index (κ3) is 2.65. The van der Waals surface area contributed by atoms with E-state index in [0.717, 1.165) is 0 Å². The number of hydrogen-bond acceptors (Lipinski definition) is 8. The molecule has 1 rings (SSSR count). The average molecular weight is 267 g/mol. The van der Waals surface area contributed by atoms with Gasteiger partial charge in [0.2, 0.25) is 0 Å². The Hall–Kier alpha value is -0.320. The van der Waals surface area contributed by atoms with E-state index in [4.69, 9.17) is 10.2 Å². The third-order valence-corrected chi connectivity index (χ3v) is 3.47. The number of nitrogens with zero attached hydrogens (tertiary/aromatic N) is 1. The summed E-state index contributed by atoms with van der Waals surface area (Å²) < 4.78 is 0. The van der Waals surface area contributed by atoms with Crippen LogP contribution < -0.4 is 0 Å². The zero-order valence-electron chi connectivity index (χ0n) is 9.87. The first kappa shape index (κ1) is 15.7. The number of rotatable bonds is 5. The maximum atomic E-state index is 9.77. The molecule has 0 bridgehead atoms. The molecule has 1 saturated heterocycles. The van der Waals surface area contributed by atoms with Gasteiger partial charge in [-0.05, 0) is 0 Å². The predicted molar refractivity (Wildman–Crippen MR) is 59.6 cm³/mol. The third-order valence-electron chi connectivity index (χ3n) is 3.47. The maximum absolute atomic E-state index is 9.77. The van der Waals surface area contributed by atoms with Crippen molar-refractivity contribution < 1.29 is 35.7 Å². The Morgan fingerprint density at radius 3 is 1.39 bits per heavy atom. The molecule has 0 aromatic heterocycles. The van der Waals surface area contributed by atoms with Crippen LogP contribution in [0.25, 0.3) is 0 Å². The largest absolute Gasteiger partial charge is 0.395 e. The minimum Gasteiger partial charge on any atom is -0.395 e. The van der Waals surface area contributed by atoms with Crippen molar-refractivity contribution in [2.45, 2.75) is 36.4 Å². The first-order valence-corrected chi connectivity index (χ1v) is 5.78. The van der Waals surface area contributed by atoms with Crippen LogP contribution >= 0.6 is 0 Å². The molecule has 0 amide bonds. The van der Waals surface area contributed by atoms with Crippen LogP contribution in [-0.2, 0) is 0 Å². The topological polar surface area (TPSA) is 145 Å². The van der Waals surface area contributed by atoms with Crippen LogP contribution in [0.15, 0.2) is 0 Å². The van der Waals surface area contributed by atoms with Crippen LogP contribution in [0.5, 0.6) is 0 Å². The number of piperidine rings is 1. The molecular weight excluding hydrogens is 246 g/mol. The molecule has 4 unspecified atom stereocenters. The van der Waals surface area contributed by atoms with E-state index in [2.05, 4.69) is 0 Å². The molecule has 8 nitrogen and oxygen atoms in total. The van der Waals surface area contributed by atoms with Crippen molar-refractivity contribution in [2.75, 3.05) is 26.4 Å². The van der Waals surface area contributed by atoms with Gasteiger partial charge in [-0.1, -0.05) is 0 Å². The molecule has 8 heteroatoms. The number of aliphatic hydroxyl groups is 7. The Morgan fingerprint density at radius 2 is 1.11 bits per heavy atom. The maximum Gasteiger partial charge on any atom is 0.109 e. The van der Waals surface area contributed by atoms with E-state index >= 15 is 0 Å². The van der Waals surface area contributed by atoms with Crippen LogP contribution in [0, 0.1) is 0 Å². The summed E-state index contributed by atoms with van der Waals surface area (Å²) in [7, 11) is 0. The van der Waals surface area contributed by atoms with Crippen LogP contribution in [-0.4, -0.2) is 104 Å². The van der Waals surface area contributed by atoms with Gasteiger partial charge in [0.1, 0.15) is 18.3 Å². The lowest BCUT2D eigenvalue weighted by molar-refractivity contribution is -0.193. The molecule has 0 saturated carbocycles. The molecule has 1 aliphatic rings. The van der Waals surface area contributed by atoms with E-state index in [0.29, 0.717) is 0 Å². The molecule has 4 atom stereocenters. The second-order valence-corrected chi connectivity index (χ2v) is 4.44. The molecule has 1 fully saturated rings. The van der Waals surface area contributed by atoms with Crippen LogP contribution in [0.3, 0.4) is 0 Å². The molecule has 1 aliphatic heterocycles. The summed E-state index contributed by atoms with van der Waals surface area (Å²) in [5, 5.41) is 66.0. The predicted octanol–water partition coefficient (Wildman–Crippen LogP) is -4.54. The van der Waals surface area contributed by atoms with Crippen molar-refractivity contribution in [1.82, 2.24) is 4.90 Å². The minimum absolute atomic E-state index is 0.473. The monoisotopic (exact) mass is 267 g/mol. The van der Waals surface area contributed by atoms with Gasteiger partial charge in [-0.25, -0.2) is 0 Å². The molecule has 1 heterocycles. The van der Waals surface area contributed by atoms with Gasteiger partial charge in [0, 0.05) is 0 Å². The Kier molecular flexibility index (Phi) is 5.89. The van der Waals surface area contributed by atoms with Gasteiger partial charge in [0.05, 0.1) is 44.6 Å². The lowest BCUT2D eigenvalue weighted by Gasteiger charge is -2.50. The summed E-state index contributed by atoms with van der Waals surface area (Å²) in [6, 6.07) is -2.81. The molecule has 0 radical (unpaired) electrons. The highest BCUT2D eigenvalue weighted by Crippen LogP contribution is 2.26. The van der Waals surface area contributed by atoms with Gasteiger partial charge in [-0.2, -0.15) is 0 Å². The SMILES string of the molecule is OCC(CO)N1C(CO)C(O)C(O)C(O)C1CO. The van der Waals surface area contributed by atoms with E-state index in [9.17, 15) is 25.5 Å². The smallest absolute Gasteiger partial charge is 0.109 e. The standard InChI is InChI=1S/C10H21NO7/c12-1-5(2-13)11-6(3-14)8(16)10(18)9(17)7(11)4-15/h5-10,12-18H,1-4H2. The lowest BCUT2D eigenvalue weighted by atomic mass is 9.87. The van der Waals surface area contributed by atoms with Crippen molar-refractivity contribution in [3.8, 4) is 0 Å². The molecule has 0 spiro atoms. The Labute approximate surface area is 104 Å². The molecule has 7 N–H and O–H groups in total. The summed E-state index contributed by atoms with van der Waals surface area (Å²) in [4.78, 5) is 1.25. The first-order chi connectivity index (χ1) is 8.53. The summed E-state index contributed by atoms with van der Waals surface area (Å²) in [6.07, 6.45) is -4.38. The van der Waals surface area contributed by atoms with Gasteiger partial charge in [0.15, 0.2) is 0 Å². The average Bonchev–Trinajstić information content (AvgIpc) is 2.38. The van der Waals surface area contributed by atoms with Crippen molar-refractivity contribution in [1.29, 1.82) is 0 Å². The van der Waals surface area contributed by atoms with Crippen LogP contribution in [0.1, 0.15) is 0 Å². The second-order valence-electron chi connectivity index (χ2n) is 4.44. The minimum atomic E-state index is -1.51. The molecule has 0 aromatic carbocycles. The highest BCUT2D eigenvalue weighted by atomic mass is 16.4. The molecular formula is C10H21NO7. The van der Waals surface area contributed by atoms with E-state index in [-0.39, 0.29) is 0 Å². The molecule has 108 valence electrons. The molecule has 0 aromatic rings. The van der Waals surface area contributed by atoms with Crippen molar-refractivity contribution in [2.24, 2.45) is 0 Å². The Morgan fingerprint density at radius 1 is 0.722 bits per heavy atom. The van der Waals surface area contributed by atoms with E-state index in [1.165, 1.54) is 4.90 Å². The fraction of sp³-hybridized carbons (Fsp3) is 1.00. The fourth-order valence-corrected chi connectivity index (χ4v) is 2.45. The van der Waals surface area contributed by atoms with Gasteiger partial charge in [0.25, 0.3) is 0 Å². The lowest BCUT2D eigenvalue weighted by Crippen LogP contribution is -2.71. The second kappa shape index (κ2) is 6.73. The normalized spacial score (nSPS) is 38.3. The van der Waals surface area contributed by atoms with Crippen LogP contribution in [0.4, 0.5) is 0 Å². The zero-order valence-corrected chi connectivity index (χ0v) is 9.87. The van der Waals surface area contributed by atoms with E-state index < -0.39 is 62.9 Å². The van der Waals surface area contributed by atoms with Crippen molar-refractivity contribution in [3.63, 3.8) is 0 Å². The quantitative estimate of drug-likeness (QED) is 0.264. The zero-order chi connectivity index (χ0) is 13.9.